The van der Waals surface area contributed by atoms with Crippen molar-refractivity contribution in [3.63, 3.8) is 0 Å². The predicted octanol–water partition coefficient (Wildman–Crippen LogP) is 14.6. The van der Waals surface area contributed by atoms with E-state index in [4.69, 9.17) is 0 Å². The summed E-state index contributed by atoms with van der Waals surface area (Å²) >= 11 is 1.86. The average molecular weight is 693 g/mol. The van der Waals surface area contributed by atoms with Crippen LogP contribution in [0.1, 0.15) is 0 Å². The van der Waals surface area contributed by atoms with Gasteiger partial charge in [-0.2, -0.15) is 0 Å². The topological polar surface area (TPSA) is 8.17 Å². The molecule has 11 aromatic rings. The number of benzene rings is 9. The number of anilines is 3. The second-order valence-corrected chi connectivity index (χ2v) is 14.8. The Bertz CT molecular complexity index is 3130. The minimum atomic E-state index is 1.11. The smallest absolute Gasteiger partial charge is 0.0619 e. The van der Waals surface area contributed by atoms with Gasteiger partial charge in [-0.25, -0.2) is 0 Å². The van der Waals surface area contributed by atoms with E-state index in [1.165, 1.54) is 80.3 Å². The van der Waals surface area contributed by atoms with Crippen molar-refractivity contribution in [2.45, 2.75) is 0 Å². The Kier molecular flexibility index (Phi) is 6.76. The molecule has 2 heterocycles. The number of para-hydroxylation sites is 3. The zero-order valence-corrected chi connectivity index (χ0v) is 29.6. The summed E-state index contributed by atoms with van der Waals surface area (Å²) in [5, 5.41) is 10.2. The highest BCUT2D eigenvalue weighted by atomic mass is 32.1. The minimum absolute atomic E-state index is 1.11. The second kappa shape index (κ2) is 11.9. The fourth-order valence-corrected chi connectivity index (χ4v) is 9.51. The third-order valence-corrected chi connectivity index (χ3v) is 11.9. The van der Waals surface area contributed by atoms with Gasteiger partial charge in [0.15, 0.2) is 0 Å². The number of aromatic nitrogens is 1. The van der Waals surface area contributed by atoms with Crippen molar-refractivity contribution in [1.82, 2.24) is 4.57 Å². The van der Waals surface area contributed by atoms with E-state index in [0.29, 0.717) is 0 Å². The van der Waals surface area contributed by atoms with Crippen molar-refractivity contribution in [3.05, 3.63) is 194 Å². The molecular weight excluding hydrogens is 661 g/mol. The normalized spacial score (nSPS) is 11.8. The molecule has 0 spiro atoms. The molecule has 2 aromatic heterocycles. The summed E-state index contributed by atoms with van der Waals surface area (Å²) in [4.78, 5) is 2.34. The minimum Gasteiger partial charge on any atom is -0.310 e. The molecule has 0 amide bonds. The number of thiophene rings is 1. The molecular formula is C50H32N2S. The van der Waals surface area contributed by atoms with E-state index in [0.717, 1.165) is 17.1 Å². The van der Waals surface area contributed by atoms with Crippen molar-refractivity contribution in [3.8, 4) is 16.8 Å². The average Bonchev–Trinajstić information content (AvgIpc) is 3.77. The number of rotatable bonds is 5. The van der Waals surface area contributed by atoms with E-state index in [1.807, 2.05) is 11.3 Å². The molecule has 53 heavy (non-hydrogen) atoms. The monoisotopic (exact) mass is 692 g/mol. The first-order valence-corrected chi connectivity index (χ1v) is 18.9. The Hall–Kier alpha value is -6.68. The van der Waals surface area contributed by atoms with E-state index >= 15 is 0 Å². The Morgan fingerprint density at radius 2 is 1.04 bits per heavy atom. The van der Waals surface area contributed by atoms with Gasteiger partial charge in [0.05, 0.1) is 11.0 Å². The van der Waals surface area contributed by atoms with Crippen LogP contribution in [-0.4, -0.2) is 4.57 Å². The lowest BCUT2D eigenvalue weighted by Gasteiger charge is -2.26. The molecule has 0 N–H and O–H groups in total. The van der Waals surface area contributed by atoms with Gasteiger partial charge in [-0.15, -0.1) is 11.3 Å². The summed E-state index contributed by atoms with van der Waals surface area (Å²) in [5.74, 6) is 0. The van der Waals surface area contributed by atoms with Crippen molar-refractivity contribution in [1.29, 1.82) is 0 Å². The SMILES string of the molecule is c1ccc(N(c2ccccc2)c2cccc(-c3cccc4c5c6c(ccc7ccccc76)ccc5n(-c5ccc6sc7ccccc7c6c5)c34)c2)cc1. The van der Waals surface area contributed by atoms with Crippen LogP contribution in [0, 0.1) is 0 Å². The predicted molar refractivity (Wildman–Crippen MR) is 229 cm³/mol. The fraction of sp³-hybridized carbons (Fsp3) is 0. The summed E-state index contributed by atoms with van der Waals surface area (Å²) in [6, 6.07) is 70.9. The van der Waals surface area contributed by atoms with Crippen LogP contribution in [-0.2, 0) is 0 Å². The van der Waals surface area contributed by atoms with E-state index in [1.54, 1.807) is 0 Å². The summed E-state index contributed by atoms with van der Waals surface area (Å²) in [7, 11) is 0. The van der Waals surface area contributed by atoms with Crippen LogP contribution in [0.3, 0.4) is 0 Å². The second-order valence-electron chi connectivity index (χ2n) is 13.7. The van der Waals surface area contributed by atoms with Gasteiger partial charge in [0.2, 0.25) is 0 Å². The van der Waals surface area contributed by atoms with Gasteiger partial charge in [-0.3, -0.25) is 0 Å². The zero-order valence-electron chi connectivity index (χ0n) is 28.8. The number of hydrogen-bond donors (Lipinski definition) is 0. The number of nitrogens with zero attached hydrogens (tertiary/aromatic N) is 2. The van der Waals surface area contributed by atoms with Gasteiger partial charge in [0.1, 0.15) is 0 Å². The zero-order chi connectivity index (χ0) is 34.9. The summed E-state index contributed by atoms with van der Waals surface area (Å²) in [6.45, 7) is 0. The highest BCUT2D eigenvalue weighted by molar-refractivity contribution is 7.25. The maximum absolute atomic E-state index is 2.52. The quantitative estimate of drug-likeness (QED) is 0.163. The molecule has 3 heteroatoms. The first-order chi connectivity index (χ1) is 26.3. The Labute approximate surface area is 311 Å². The molecule has 0 radical (unpaired) electrons. The molecule has 0 unspecified atom stereocenters. The Morgan fingerprint density at radius 1 is 0.396 bits per heavy atom. The first kappa shape index (κ1) is 30.0. The van der Waals surface area contributed by atoms with Gasteiger partial charge in [0.25, 0.3) is 0 Å². The molecule has 11 rings (SSSR count). The summed E-state index contributed by atoms with van der Waals surface area (Å²) < 4.78 is 5.14. The molecule has 0 aliphatic carbocycles. The van der Waals surface area contributed by atoms with Crippen LogP contribution in [0.4, 0.5) is 17.1 Å². The van der Waals surface area contributed by atoms with E-state index in [9.17, 15) is 0 Å². The number of fused-ring (bicyclic) bond motifs is 10. The van der Waals surface area contributed by atoms with Gasteiger partial charge in [-0.1, -0.05) is 127 Å². The molecule has 248 valence electrons. The lowest BCUT2D eigenvalue weighted by molar-refractivity contribution is 1.19. The molecule has 0 aliphatic heterocycles. The van der Waals surface area contributed by atoms with E-state index in [-0.39, 0.29) is 0 Å². The van der Waals surface area contributed by atoms with Gasteiger partial charge in [-0.05, 0) is 93.8 Å². The molecule has 0 saturated heterocycles. The maximum atomic E-state index is 2.52. The lowest BCUT2D eigenvalue weighted by atomic mass is 9.96. The summed E-state index contributed by atoms with van der Waals surface area (Å²) in [5.41, 5.74) is 9.32. The van der Waals surface area contributed by atoms with Crippen LogP contribution in [0.5, 0.6) is 0 Å². The standard InChI is InChI=1S/C50H32N2S/c1-3-15-36(16-4-1)51(37-17-5-2-6-18-37)38-19-11-14-35(31-38)41-22-12-23-43-49-45(29-27-34-26-25-33-13-7-8-20-40(33)48(34)49)52(50(41)43)39-28-30-47-44(32-39)42-21-9-10-24-46(42)53-47/h1-32H. The third kappa shape index (κ3) is 4.71. The Balaban J connectivity index is 1.24. The van der Waals surface area contributed by atoms with Crippen LogP contribution in [0.2, 0.25) is 0 Å². The Morgan fingerprint density at radius 3 is 1.87 bits per heavy atom. The van der Waals surface area contributed by atoms with Crippen molar-refractivity contribution >= 4 is 91.9 Å². The molecule has 0 bridgehead atoms. The molecule has 0 aliphatic rings. The van der Waals surface area contributed by atoms with Gasteiger partial charge >= 0.3 is 0 Å². The molecule has 9 aromatic carbocycles. The fourth-order valence-electron chi connectivity index (χ4n) is 8.42. The first-order valence-electron chi connectivity index (χ1n) is 18.1. The van der Waals surface area contributed by atoms with E-state index < -0.39 is 0 Å². The third-order valence-electron chi connectivity index (χ3n) is 10.7. The van der Waals surface area contributed by atoms with Gasteiger partial charge in [0, 0.05) is 59.3 Å². The van der Waals surface area contributed by atoms with Crippen molar-refractivity contribution in [2.75, 3.05) is 4.90 Å². The maximum Gasteiger partial charge on any atom is 0.0619 e. The van der Waals surface area contributed by atoms with Crippen LogP contribution < -0.4 is 4.90 Å². The lowest BCUT2D eigenvalue weighted by Crippen LogP contribution is -2.09. The highest BCUT2D eigenvalue weighted by Crippen LogP contribution is 2.45. The molecule has 0 atom stereocenters. The molecule has 0 fully saturated rings. The van der Waals surface area contributed by atoms with Crippen molar-refractivity contribution in [2.24, 2.45) is 0 Å². The van der Waals surface area contributed by atoms with Crippen LogP contribution in [0.15, 0.2) is 194 Å². The van der Waals surface area contributed by atoms with Crippen molar-refractivity contribution < 1.29 is 0 Å². The van der Waals surface area contributed by atoms with Crippen LogP contribution >= 0.6 is 11.3 Å². The van der Waals surface area contributed by atoms with Gasteiger partial charge < -0.3 is 9.47 Å². The highest BCUT2D eigenvalue weighted by Gasteiger charge is 2.21. The molecule has 0 saturated carbocycles. The molecule has 2 nitrogen and oxygen atoms in total. The number of hydrogen-bond acceptors (Lipinski definition) is 2. The van der Waals surface area contributed by atoms with E-state index in [2.05, 4.69) is 204 Å². The largest absolute Gasteiger partial charge is 0.310 e. The van der Waals surface area contributed by atoms with Crippen LogP contribution in [0.25, 0.3) is 80.3 Å². The summed E-state index contributed by atoms with van der Waals surface area (Å²) in [6.07, 6.45) is 0.